The second-order valence-corrected chi connectivity index (χ2v) is 18.9. The molecule has 0 aliphatic carbocycles. The number of aliphatic hydroxyl groups excluding tert-OH is 4. The molecule has 63 heavy (non-hydrogen) atoms. The molecule has 0 saturated heterocycles. The minimum Gasteiger partial charge on any atom is -0.394 e. The number of hydrogen-bond acceptors (Lipinski definition) is 5. The van der Waals surface area contributed by atoms with Crippen LogP contribution in [0.1, 0.15) is 277 Å². The summed E-state index contributed by atoms with van der Waals surface area (Å²) < 4.78 is 0. The third kappa shape index (κ3) is 45.2. The van der Waals surface area contributed by atoms with Crippen LogP contribution in [0, 0.1) is 0 Å². The Morgan fingerprint density at radius 1 is 0.381 bits per heavy atom. The standard InChI is InChI=1S/C57H107NO5/c1-3-5-7-9-11-13-15-17-19-21-22-23-24-25-26-27-28-29-30-31-32-33-35-37-39-41-43-45-47-49-51-55(61)57(63)58-53(52-59)56(62)54(60)50-48-46-44-42-40-38-36-34-20-18-16-14-12-10-8-6-4-2/h14,16,25-26,34,36,42,44,53-56,59-62H,3-13,15,17-24,27-33,35,37-41,43,45-52H2,1-2H3,(H,58,63)/b16-14+,26-25-,36-34+,44-42+. The first-order valence-corrected chi connectivity index (χ1v) is 27.5. The second-order valence-electron chi connectivity index (χ2n) is 18.9. The Balaban J connectivity index is 3.65. The molecule has 4 unspecified atom stereocenters. The number of carbonyl (C=O) groups excluding carboxylic acids is 1. The molecule has 0 aromatic rings. The van der Waals surface area contributed by atoms with Crippen molar-refractivity contribution >= 4 is 5.91 Å². The fraction of sp³-hybridized carbons (Fsp3) is 0.842. The van der Waals surface area contributed by atoms with Crippen molar-refractivity contribution in [3.05, 3.63) is 48.6 Å². The first-order chi connectivity index (χ1) is 31.0. The summed E-state index contributed by atoms with van der Waals surface area (Å²) in [5.74, 6) is -0.598. The number of aliphatic hydroxyl groups is 4. The van der Waals surface area contributed by atoms with E-state index >= 15 is 0 Å². The second kappa shape index (κ2) is 51.3. The lowest BCUT2D eigenvalue weighted by Crippen LogP contribution is -2.53. The molecule has 0 saturated carbocycles. The highest BCUT2D eigenvalue weighted by Gasteiger charge is 2.28. The number of rotatable bonds is 50. The highest BCUT2D eigenvalue weighted by atomic mass is 16.3. The third-order valence-corrected chi connectivity index (χ3v) is 12.7. The Labute approximate surface area is 391 Å². The Morgan fingerprint density at radius 3 is 1.02 bits per heavy atom. The molecule has 4 atom stereocenters. The van der Waals surface area contributed by atoms with Crippen LogP contribution in [-0.2, 0) is 4.79 Å². The monoisotopic (exact) mass is 886 g/mol. The van der Waals surface area contributed by atoms with E-state index in [2.05, 4.69) is 67.8 Å². The number of amides is 1. The van der Waals surface area contributed by atoms with E-state index in [1.165, 1.54) is 193 Å². The quantitative estimate of drug-likeness (QED) is 0.0309. The first kappa shape index (κ1) is 61.3. The van der Waals surface area contributed by atoms with Crippen LogP contribution in [0.3, 0.4) is 0 Å². The predicted octanol–water partition coefficient (Wildman–Crippen LogP) is 15.8. The summed E-state index contributed by atoms with van der Waals surface area (Å²) in [6, 6.07) is -1.01. The maximum absolute atomic E-state index is 12.6. The van der Waals surface area contributed by atoms with Gasteiger partial charge in [0.05, 0.1) is 18.8 Å². The van der Waals surface area contributed by atoms with Crippen molar-refractivity contribution < 1.29 is 25.2 Å². The van der Waals surface area contributed by atoms with Crippen molar-refractivity contribution in [1.29, 1.82) is 0 Å². The molecule has 0 heterocycles. The number of nitrogens with one attached hydrogen (secondary N) is 1. The number of allylic oxidation sites excluding steroid dienone is 8. The summed E-state index contributed by atoms with van der Waals surface area (Å²) in [6.07, 6.45) is 64.6. The molecule has 5 N–H and O–H groups in total. The van der Waals surface area contributed by atoms with Crippen LogP contribution in [0.2, 0.25) is 0 Å². The van der Waals surface area contributed by atoms with E-state index in [9.17, 15) is 25.2 Å². The zero-order chi connectivity index (χ0) is 45.9. The zero-order valence-electron chi connectivity index (χ0n) is 41.8. The van der Waals surface area contributed by atoms with Gasteiger partial charge < -0.3 is 25.7 Å². The highest BCUT2D eigenvalue weighted by molar-refractivity contribution is 5.80. The minimum atomic E-state index is -1.29. The van der Waals surface area contributed by atoms with E-state index in [0.717, 1.165) is 51.4 Å². The average molecular weight is 886 g/mol. The lowest BCUT2D eigenvalue weighted by molar-refractivity contribution is -0.132. The molecule has 0 bridgehead atoms. The third-order valence-electron chi connectivity index (χ3n) is 12.7. The van der Waals surface area contributed by atoms with Gasteiger partial charge >= 0.3 is 0 Å². The van der Waals surface area contributed by atoms with Gasteiger partial charge in [-0.3, -0.25) is 4.79 Å². The summed E-state index contributed by atoms with van der Waals surface area (Å²) in [5.41, 5.74) is 0. The molecule has 0 aliphatic rings. The largest absolute Gasteiger partial charge is 0.394 e. The molecule has 0 fully saturated rings. The lowest BCUT2D eigenvalue weighted by atomic mass is 10.00. The van der Waals surface area contributed by atoms with E-state index < -0.39 is 36.9 Å². The molecule has 6 nitrogen and oxygen atoms in total. The summed E-state index contributed by atoms with van der Waals surface area (Å²) in [7, 11) is 0. The van der Waals surface area contributed by atoms with Crippen molar-refractivity contribution in [3.8, 4) is 0 Å². The van der Waals surface area contributed by atoms with Crippen LogP contribution in [0.4, 0.5) is 0 Å². The van der Waals surface area contributed by atoms with Gasteiger partial charge in [-0.05, 0) is 89.9 Å². The van der Waals surface area contributed by atoms with Crippen LogP contribution in [0.25, 0.3) is 0 Å². The fourth-order valence-electron chi connectivity index (χ4n) is 8.37. The fourth-order valence-corrected chi connectivity index (χ4v) is 8.37. The van der Waals surface area contributed by atoms with Gasteiger partial charge in [0.2, 0.25) is 5.91 Å². The molecule has 0 rings (SSSR count). The maximum atomic E-state index is 12.6. The molecule has 0 radical (unpaired) electrons. The highest BCUT2D eigenvalue weighted by Crippen LogP contribution is 2.17. The predicted molar refractivity (Wildman–Crippen MR) is 274 cm³/mol. The SMILES string of the molecule is CCCCCC/C=C/CC/C=C/CC/C=C/CCCC(O)C(O)C(CO)NC(=O)C(O)CCCCCCCCCCCCCCCC/C=C\CCCCCCCCCCCCCC. The van der Waals surface area contributed by atoms with Gasteiger partial charge in [0.1, 0.15) is 12.2 Å². The van der Waals surface area contributed by atoms with Gasteiger partial charge in [0.25, 0.3) is 0 Å². The molecule has 0 spiro atoms. The zero-order valence-corrected chi connectivity index (χ0v) is 41.8. The van der Waals surface area contributed by atoms with E-state index in [1.54, 1.807) is 0 Å². The summed E-state index contributed by atoms with van der Waals surface area (Å²) in [4.78, 5) is 12.6. The molecular weight excluding hydrogens is 779 g/mol. The van der Waals surface area contributed by atoms with Gasteiger partial charge in [-0.15, -0.1) is 0 Å². The average Bonchev–Trinajstić information content (AvgIpc) is 3.29. The molecule has 1 amide bonds. The molecule has 6 heteroatoms. The van der Waals surface area contributed by atoms with Gasteiger partial charge in [-0.2, -0.15) is 0 Å². The van der Waals surface area contributed by atoms with Crippen molar-refractivity contribution in [2.24, 2.45) is 0 Å². The number of carbonyl (C=O) groups is 1. The smallest absolute Gasteiger partial charge is 0.249 e. The first-order valence-electron chi connectivity index (χ1n) is 27.5. The lowest BCUT2D eigenvalue weighted by Gasteiger charge is -2.27. The molecule has 0 aliphatic heterocycles. The van der Waals surface area contributed by atoms with Crippen LogP contribution < -0.4 is 5.32 Å². The Kier molecular flexibility index (Phi) is 49.8. The van der Waals surface area contributed by atoms with Crippen molar-refractivity contribution in [1.82, 2.24) is 5.32 Å². The number of hydrogen-bond donors (Lipinski definition) is 5. The molecular formula is C57H107NO5. The van der Waals surface area contributed by atoms with Crippen LogP contribution in [-0.4, -0.2) is 57.3 Å². The van der Waals surface area contributed by atoms with Gasteiger partial charge in [0.15, 0.2) is 0 Å². The van der Waals surface area contributed by atoms with Crippen molar-refractivity contribution in [2.75, 3.05) is 6.61 Å². The van der Waals surface area contributed by atoms with E-state index in [4.69, 9.17) is 0 Å². The summed E-state index contributed by atoms with van der Waals surface area (Å²) in [6.45, 7) is 4.03. The minimum absolute atomic E-state index is 0.359. The number of unbranched alkanes of at least 4 members (excludes halogenated alkanes) is 33. The van der Waals surface area contributed by atoms with Crippen molar-refractivity contribution in [2.45, 2.75) is 301 Å². The summed E-state index contributed by atoms with van der Waals surface area (Å²) in [5, 5.41) is 43.9. The molecule has 0 aromatic heterocycles. The maximum Gasteiger partial charge on any atom is 0.249 e. The molecule has 370 valence electrons. The Morgan fingerprint density at radius 2 is 0.667 bits per heavy atom. The van der Waals surface area contributed by atoms with Gasteiger partial charge in [-0.1, -0.05) is 236 Å². The van der Waals surface area contributed by atoms with Gasteiger partial charge in [0, 0.05) is 0 Å². The van der Waals surface area contributed by atoms with E-state index in [1.807, 2.05) is 0 Å². The van der Waals surface area contributed by atoms with E-state index in [0.29, 0.717) is 19.3 Å². The Bertz CT molecular complexity index is 1040. The topological polar surface area (TPSA) is 110 Å². The van der Waals surface area contributed by atoms with E-state index in [-0.39, 0.29) is 0 Å². The van der Waals surface area contributed by atoms with Gasteiger partial charge in [-0.25, -0.2) is 0 Å². The van der Waals surface area contributed by atoms with Crippen LogP contribution >= 0.6 is 0 Å². The molecule has 0 aromatic carbocycles. The normalized spacial score (nSPS) is 14.2. The van der Waals surface area contributed by atoms with Crippen LogP contribution in [0.5, 0.6) is 0 Å². The summed E-state index contributed by atoms with van der Waals surface area (Å²) >= 11 is 0. The van der Waals surface area contributed by atoms with Crippen LogP contribution in [0.15, 0.2) is 48.6 Å². The Hall–Kier alpha value is -1.73. The van der Waals surface area contributed by atoms with Crippen molar-refractivity contribution in [3.63, 3.8) is 0 Å².